The minimum Gasteiger partial charge on any atom is -0.372 e. The molecule has 1 atom stereocenters. The van der Waals surface area contributed by atoms with Crippen LogP contribution in [0.25, 0.3) is 0 Å². The predicted molar refractivity (Wildman–Crippen MR) is 67.3 cm³/mol. The molecule has 0 aliphatic heterocycles. The van der Waals surface area contributed by atoms with Gasteiger partial charge >= 0.3 is 6.18 Å². The summed E-state index contributed by atoms with van der Waals surface area (Å²) in [6, 6.07) is 1.35. The highest BCUT2D eigenvalue weighted by molar-refractivity contribution is 9.10. The monoisotopic (exact) mass is 361 g/mol. The van der Waals surface area contributed by atoms with Gasteiger partial charge in [-0.2, -0.15) is 13.2 Å². The number of nitrogens with one attached hydrogen (secondary N) is 1. The minimum absolute atomic E-state index is 0.0121. The van der Waals surface area contributed by atoms with E-state index in [1.807, 2.05) is 0 Å². The van der Waals surface area contributed by atoms with Gasteiger partial charge in [-0.25, -0.2) is 8.78 Å². The maximum atomic E-state index is 13.7. The van der Waals surface area contributed by atoms with Gasteiger partial charge in [-0.15, -0.1) is 0 Å². The van der Waals surface area contributed by atoms with Crippen LogP contribution in [0.15, 0.2) is 16.6 Å². The molecule has 0 spiro atoms. The number of rotatable bonds is 6. The number of ether oxygens (including phenoxy) is 1. The molecular weight excluding hydrogens is 349 g/mol. The fraction of sp³-hybridized carbons (Fsp3) is 0.500. The van der Waals surface area contributed by atoms with E-state index < -0.39 is 30.5 Å². The first-order valence-corrected chi connectivity index (χ1v) is 6.50. The number of hydrogen-bond donors (Lipinski definition) is 1. The van der Waals surface area contributed by atoms with Crippen LogP contribution in [0.5, 0.6) is 0 Å². The van der Waals surface area contributed by atoms with E-state index in [1.54, 1.807) is 0 Å². The van der Waals surface area contributed by atoms with Crippen molar-refractivity contribution in [2.75, 3.05) is 20.3 Å². The van der Waals surface area contributed by atoms with E-state index in [0.717, 1.165) is 12.1 Å². The third-order valence-electron chi connectivity index (χ3n) is 2.58. The van der Waals surface area contributed by atoms with Crippen LogP contribution in [-0.2, 0) is 4.74 Å². The quantitative estimate of drug-likeness (QED) is 0.470. The molecule has 0 saturated carbocycles. The van der Waals surface area contributed by atoms with Crippen LogP contribution >= 0.6 is 15.9 Å². The molecule has 0 amide bonds. The maximum absolute atomic E-state index is 13.7. The molecule has 1 unspecified atom stereocenters. The molecule has 0 aliphatic carbocycles. The normalized spacial score (nSPS) is 13.6. The van der Waals surface area contributed by atoms with Crippen molar-refractivity contribution in [3.63, 3.8) is 0 Å². The van der Waals surface area contributed by atoms with Gasteiger partial charge in [-0.3, -0.25) is 0 Å². The molecule has 0 saturated heterocycles. The van der Waals surface area contributed by atoms with E-state index in [4.69, 9.17) is 0 Å². The molecule has 0 fully saturated rings. The van der Waals surface area contributed by atoms with E-state index in [0.29, 0.717) is 0 Å². The Kier molecular flexibility index (Phi) is 6.35. The Morgan fingerprint density at radius 3 is 2.45 bits per heavy atom. The molecule has 8 heteroatoms. The molecule has 0 heterocycles. The topological polar surface area (TPSA) is 21.3 Å². The largest absolute Gasteiger partial charge is 0.411 e. The fourth-order valence-electron chi connectivity index (χ4n) is 1.65. The smallest absolute Gasteiger partial charge is 0.372 e. The van der Waals surface area contributed by atoms with Crippen molar-refractivity contribution in [1.82, 2.24) is 5.32 Å². The molecule has 114 valence electrons. The SMILES string of the molecule is CNC(CCOCC(F)(F)F)c1cc(F)c(Br)cc1F. The summed E-state index contributed by atoms with van der Waals surface area (Å²) in [7, 11) is 1.51. The lowest BCUT2D eigenvalue weighted by Crippen LogP contribution is -2.22. The standard InChI is InChI=1S/C12H13BrF5NO/c1-19-11(2-3-20-6-12(16,17)18)7-4-10(15)8(13)5-9(7)14/h4-5,11,19H,2-3,6H2,1H3. The van der Waals surface area contributed by atoms with Crippen molar-refractivity contribution in [2.24, 2.45) is 0 Å². The van der Waals surface area contributed by atoms with Gasteiger partial charge in [-0.05, 0) is 41.5 Å². The van der Waals surface area contributed by atoms with Crippen molar-refractivity contribution < 1.29 is 26.7 Å². The summed E-state index contributed by atoms with van der Waals surface area (Å²) in [5.74, 6) is -1.29. The summed E-state index contributed by atoms with van der Waals surface area (Å²) in [5.41, 5.74) is 0.0452. The molecule has 1 aromatic rings. The Bertz CT molecular complexity index is 452. The van der Waals surface area contributed by atoms with Gasteiger partial charge in [0, 0.05) is 18.2 Å². The third-order valence-corrected chi connectivity index (χ3v) is 3.19. The van der Waals surface area contributed by atoms with Crippen molar-refractivity contribution in [1.29, 1.82) is 0 Å². The van der Waals surface area contributed by atoms with Gasteiger partial charge in [0.1, 0.15) is 18.2 Å². The highest BCUT2D eigenvalue weighted by atomic mass is 79.9. The zero-order chi connectivity index (χ0) is 15.3. The van der Waals surface area contributed by atoms with E-state index in [-0.39, 0.29) is 23.1 Å². The van der Waals surface area contributed by atoms with E-state index in [9.17, 15) is 22.0 Å². The lowest BCUT2D eigenvalue weighted by Gasteiger charge is -2.18. The second-order valence-electron chi connectivity index (χ2n) is 4.09. The summed E-state index contributed by atoms with van der Waals surface area (Å²) in [5, 5.41) is 2.72. The molecule has 1 N–H and O–H groups in total. The average Bonchev–Trinajstić information content (AvgIpc) is 2.33. The van der Waals surface area contributed by atoms with Gasteiger partial charge in [0.15, 0.2) is 0 Å². The first kappa shape index (κ1) is 17.3. The van der Waals surface area contributed by atoms with Crippen molar-refractivity contribution in [3.8, 4) is 0 Å². The maximum Gasteiger partial charge on any atom is 0.411 e. The van der Waals surface area contributed by atoms with Crippen molar-refractivity contribution in [2.45, 2.75) is 18.6 Å². The molecular formula is C12H13BrF5NO. The Balaban J connectivity index is 2.65. The van der Waals surface area contributed by atoms with Crippen LogP contribution in [0.1, 0.15) is 18.0 Å². The minimum atomic E-state index is -4.40. The lowest BCUT2D eigenvalue weighted by molar-refractivity contribution is -0.174. The summed E-state index contributed by atoms with van der Waals surface area (Å²) < 4.78 is 67.2. The zero-order valence-electron chi connectivity index (χ0n) is 10.5. The summed E-state index contributed by atoms with van der Waals surface area (Å²) in [4.78, 5) is 0. The summed E-state index contributed by atoms with van der Waals surface area (Å²) >= 11 is 2.85. The molecule has 0 aliphatic rings. The first-order valence-electron chi connectivity index (χ1n) is 5.71. The Labute approximate surface area is 121 Å². The number of hydrogen-bond acceptors (Lipinski definition) is 2. The van der Waals surface area contributed by atoms with Crippen LogP contribution in [0.3, 0.4) is 0 Å². The molecule has 1 rings (SSSR count). The van der Waals surface area contributed by atoms with Crippen LogP contribution in [0.2, 0.25) is 0 Å². The number of benzene rings is 1. The van der Waals surface area contributed by atoms with Gasteiger partial charge in [0.05, 0.1) is 4.47 Å². The number of alkyl halides is 3. The van der Waals surface area contributed by atoms with Crippen LogP contribution < -0.4 is 5.32 Å². The molecule has 0 bridgehead atoms. The zero-order valence-corrected chi connectivity index (χ0v) is 12.1. The number of halogens is 6. The third kappa shape index (κ3) is 5.34. The van der Waals surface area contributed by atoms with Gasteiger partial charge in [-0.1, -0.05) is 0 Å². The highest BCUT2D eigenvalue weighted by Gasteiger charge is 2.27. The van der Waals surface area contributed by atoms with Gasteiger partial charge < -0.3 is 10.1 Å². The molecule has 20 heavy (non-hydrogen) atoms. The summed E-state index contributed by atoms with van der Waals surface area (Å²) in [6.07, 6.45) is -4.31. The lowest BCUT2D eigenvalue weighted by atomic mass is 10.0. The second-order valence-corrected chi connectivity index (χ2v) is 4.94. The Morgan fingerprint density at radius 2 is 1.90 bits per heavy atom. The van der Waals surface area contributed by atoms with Crippen molar-refractivity contribution in [3.05, 3.63) is 33.8 Å². The highest BCUT2D eigenvalue weighted by Crippen LogP contribution is 2.26. The van der Waals surface area contributed by atoms with E-state index in [2.05, 4.69) is 26.0 Å². The van der Waals surface area contributed by atoms with Crippen LogP contribution in [0.4, 0.5) is 22.0 Å². The molecule has 0 radical (unpaired) electrons. The molecule has 1 aromatic carbocycles. The van der Waals surface area contributed by atoms with E-state index >= 15 is 0 Å². The van der Waals surface area contributed by atoms with Crippen LogP contribution in [-0.4, -0.2) is 26.4 Å². The fourth-order valence-corrected chi connectivity index (χ4v) is 1.96. The van der Waals surface area contributed by atoms with Gasteiger partial charge in [0.2, 0.25) is 0 Å². The second kappa shape index (κ2) is 7.33. The van der Waals surface area contributed by atoms with Crippen LogP contribution in [0, 0.1) is 11.6 Å². The molecule has 2 nitrogen and oxygen atoms in total. The Morgan fingerprint density at radius 1 is 1.25 bits per heavy atom. The van der Waals surface area contributed by atoms with Crippen molar-refractivity contribution >= 4 is 15.9 Å². The average molecular weight is 362 g/mol. The first-order chi connectivity index (χ1) is 9.24. The Hall–Kier alpha value is -0.730. The summed E-state index contributed by atoms with van der Waals surface area (Å²) in [6.45, 7) is -1.58. The van der Waals surface area contributed by atoms with Gasteiger partial charge in [0.25, 0.3) is 0 Å². The molecule has 0 aromatic heterocycles. The van der Waals surface area contributed by atoms with E-state index in [1.165, 1.54) is 7.05 Å². The predicted octanol–water partition coefficient (Wildman–Crippen LogP) is 3.96.